The van der Waals surface area contributed by atoms with Gasteiger partial charge in [-0.25, -0.2) is 0 Å². The Morgan fingerprint density at radius 3 is 1.97 bits per heavy atom. The average molecular weight is 478 g/mol. The van der Waals surface area contributed by atoms with Crippen LogP contribution in [0.4, 0.5) is 0 Å². The highest BCUT2D eigenvalue weighted by Crippen LogP contribution is 2.42. The maximum absolute atomic E-state index is 14.7. The second-order valence-electron chi connectivity index (χ2n) is 8.84. The van der Waals surface area contributed by atoms with Crippen molar-refractivity contribution in [3.8, 4) is 5.75 Å². The van der Waals surface area contributed by atoms with Crippen molar-refractivity contribution in [1.29, 1.82) is 0 Å². The fraction of sp³-hybridized carbons (Fsp3) is 0.321. The van der Waals surface area contributed by atoms with E-state index in [4.69, 9.17) is 4.74 Å². The molecule has 0 saturated heterocycles. The van der Waals surface area contributed by atoms with Gasteiger partial charge in [0, 0.05) is 16.7 Å². The van der Waals surface area contributed by atoms with E-state index in [1.807, 2.05) is 60.7 Å². The molecule has 1 saturated carbocycles. The molecule has 0 unspecified atom stereocenters. The largest absolute Gasteiger partial charge is 0.496 e. The number of Topliss-reactive ketones (excluding diaryl/α,β-unsaturated/α-hetero) is 1. The quantitative estimate of drug-likeness (QED) is 0.345. The second-order valence-corrected chi connectivity index (χ2v) is 11.4. The molecule has 2 N–H and O–H groups in total. The van der Waals surface area contributed by atoms with Crippen LogP contribution in [0.1, 0.15) is 42.5 Å². The van der Waals surface area contributed by atoms with E-state index in [2.05, 4.69) is 5.09 Å². The van der Waals surface area contributed by atoms with Crippen molar-refractivity contribution < 1.29 is 19.2 Å². The third kappa shape index (κ3) is 5.17. The monoisotopic (exact) mass is 477 g/mol. The fourth-order valence-corrected chi connectivity index (χ4v) is 7.43. The normalized spacial score (nSPS) is 16.5. The molecule has 34 heavy (non-hydrogen) atoms. The van der Waals surface area contributed by atoms with Crippen molar-refractivity contribution in [2.45, 2.75) is 44.2 Å². The number of carbonyl (C=O) groups excluding carboxylic acids is 1. The summed E-state index contributed by atoms with van der Waals surface area (Å²) in [6.45, 7) is 0. The van der Waals surface area contributed by atoms with Gasteiger partial charge in [-0.2, -0.15) is 0 Å². The third-order valence-corrected chi connectivity index (χ3v) is 9.42. The molecule has 1 aliphatic rings. The Hall–Kier alpha value is -2.72. The van der Waals surface area contributed by atoms with E-state index in [0.29, 0.717) is 21.9 Å². The molecule has 0 amide bonds. The van der Waals surface area contributed by atoms with E-state index in [1.54, 1.807) is 24.3 Å². The minimum absolute atomic E-state index is 0.0307. The molecular formula is C28H32NO4P. The van der Waals surface area contributed by atoms with Crippen molar-refractivity contribution in [1.82, 2.24) is 5.09 Å². The first-order valence-electron chi connectivity index (χ1n) is 11.9. The zero-order chi connectivity index (χ0) is 24.0. The van der Waals surface area contributed by atoms with Crippen molar-refractivity contribution in [3.05, 3.63) is 90.5 Å². The molecule has 0 bridgehead atoms. The molecular weight excluding hydrogens is 445 g/mol. The Balaban J connectivity index is 1.75. The summed E-state index contributed by atoms with van der Waals surface area (Å²) in [5.41, 5.74) is 0.328. The highest BCUT2D eigenvalue weighted by atomic mass is 31.2. The summed E-state index contributed by atoms with van der Waals surface area (Å²) in [6, 6.07) is 24.8. The van der Waals surface area contributed by atoms with Gasteiger partial charge in [-0.05, 0) is 55.2 Å². The molecule has 0 heterocycles. The van der Waals surface area contributed by atoms with Gasteiger partial charge in [0.2, 0.25) is 7.29 Å². The minimum atomic E-state index is -3.34. The smallest absolute Gasteiger partial charge is 0.204 e. The van der Waals surface area contributed by atoms with E-state index in [9.17, 15) is 14.5 Å². The topological polar surface area (TPSA) is 75.6 Å². The van der Waals surface area contributed by atoms with Gasteiger partial charge >= 0.3 is 0 Å². The van der Waals surface area contributed by atoms with Crippen molar-refractivity contribution in [3.63, 3.8) is 0 Å². The van der Waals surface area contributed by atoms with Gasteiger partial charge in [-0.1, -0.05) is 67.8 Å². The van der Waals surface area contributed by atoms with E-state index in [-0.39, 0.29) is 5.92 Å². The van der Waals surface area contributed by atoms with Crippen LogP contribution in [-0.4, -0.2) is 30.1 Å². The van der Waals surface area contributed by atoms with Crippen LogP contribution in [0, 0.1) is 5.92 Å². The first-order valence-corrected chi connectivity index (χ1v) is 13.6. The van der Waals surface area contributed by atoms with Crippen LogP contribution in [0.2, 0.25) is 0 Å². The molecule has 2 atom stereocenters. The number of para-hydroxylation sites is 1. The Labute approximate surface area is 201 Å². The molecule has 3 aromatic rings. The summed E-state index contributed by atoms with van der Waals surface area (Å²) in [7, 11) is -1.84. The lowest BCUT2D eigenvalue weighted by atomic mass is 9.80. The number of ketones is 1. The number of carbonyl (C=O) groups is 1. The number of benzene rings is 3. The molecule has 0 aromatic heterocycles. The summed E-state index contributed by atoms with van der Waals surface area (Å²) in [4.78, 5) is 13.5. The molecule has 0 aliphatic heterocycles. The zero-order valence-corrected chi connectivity index (χ0v) is 20.4. The minimum Gasteiger partial charge on any atom is -0.496 e. The number of aliphatic hydroxyl groups excluding tert-OH is 1. The number of nitrogens with one attached hydrogen (secondary N) is 1. The Kier molecular flexibility index (Phi) is 7.99. The van der Waals surface area contributed by atoms with Gasteiger partial charge in [-0.3, -0.25) is 14.4 Å². The number of hydrogen-bond donors (Lipinski definition) is 2. The van der Waals surface area contributed by atoms with Crippen LogP contribution in [0.5, 0.6) is 5.75 Å². The standard InChI is InChI=1S/C28H32NO4P/c1-33-25-20-12-11-19-24(25)27(30)28(31)26(21-13-5-2-6-14-21)29-34(32,22-15-7-3-8-16-22)23-17-9-4-10-18-23/h3-4,7-12,15-21,26,28,31H,2,5-6,13-14H2,1H3,(H,29,32)/t26-,28+/m0/s1. The van der Waals surface area contributed by atoms with Crippen LogP contribution in [0.25, 0.3) is 0 Å². The lowest BCUT2D eigenvalue weighted by Gasteiger charge is -2.36. The van der Waals surface area contributed by atoms with Crippen LogP contribution in [0.3, 0.4) is 0 Å². The van der Waals surface area contributed by atoms with Crippen molar-refractivity contribution in [2.24, 2.45) is 5.92 Å². The number of hydrogen-bond acceptors (Lipinski definition) is 4. The van der Waals surface area contributed by atoms with E-state index in [0.717, 1.165) is 32.1 Å². The fourth-order valence-electron chi connectivity index (χ4n) is 4.88. The predicted molar refractivity (Wildman–Crippen MR) is 137 cm³/mol. The lowest BCUT2D eigenvalue weighted by Crippen LogP contribution is -2.50. The van der Waals surface area contributed by atoms with Gasteiger partial charge in [0.15, 0.2) is 5.78 Å². The molecule has 0 radical (unpaired) electrons. The SMILES string of the molecule is COc1ccccc1C(=O)[C@H](O)[C@@H](NP(=O)(c1ccccc1)c1ccccc1)C1CCCCC1. The zero-order valence-electron chi connectivity index (χ0n) is 19.5. The molecule has 3 aromatic carbocycles. The first-order chi connectivity index (χ1) is 16.5. The molecule has 5 nitrogen and oxygen atoms in total. The Bertz CT molecular complexity index is 1090. The number of rotatable bonds is 9. The molecule has 0 spiro atoms. The van der Waals surface area contributed by atoms with Crippen molar-refractivity contribution >= 4 is 23.7 Å². The number of methoxy groups -OCH3 is 1. The molecule has 4 rings (SSSR count). The Morgan fingerprint density at radius 2 is 1.41 bits per heavy atom. The van der Waals surface area contributed by atoms with Gasteiger partial charge in [0.25, 0.3) is 0 Å². The number of ether oxygens (including phenoxy) is 1. The summed E-state index contributed by atoms with van der Waals surface area (Å²) in [5, 5.41) is 16.1. The summed E-state index contributed by atoms with van der Waals surface area (Å²) in [5.74, 6) is 0.0274. The maximum atomic E-state index is 14.7. The van der Waals surface area contributed by atoms with Gasteiger partial charge in [0.1, 0.15) is 11.9 Å². The third-order valence-electron chi connectivity index (χ3n) is 6.71. The highest BCUT2D eigenvalue weighted by Gasteiger charge is 2.40. The van der Waals surface area contributed by atoms with E-state index < -0.39 is 25.2 Å². The van der Waals surface area contributed by atoms with Gasteiger partial charge in [-0.15, -0.1) is 0 Å². The van der Waals surface area contributed by atoms with Gasteiger partial charge in [0.05, 0.1) is 12.7 Å². The summed E-state index contributed by atoms with van der Waals surface area (Å²) in [6.07, 6.45) is 3.57. The predicted octanol–water partition coefficient (Wildman–Crippen LogP) is 4.71. The van der Waals surface area contributed by atoms with E-state index >= 15 is 0 Å². The maximum Gasteiger partial charge on any atom is 0.204 e. The highest BCUT2D eigenvalue weighted by molar-refractivity contribution is 7.76. The first kappa shape index (κ1) is 24.4. The second kappa shape index (κ2) is 11.1. The summed E-state index contributed by atoms with van der Waals surface area (Å²) < 4.78 is 20.1. The van der Waals surface area contributed by atoms with Crippen LogP contribution in [0.15, 0.2) is 84.9 Å². The van der Waals surface area contributed by atoms with E-state index in [1.165, 1.54) is 7.11 Å². The Morgan fingerprint density at radius 1 is 0.882 bits per heavy atom. The van der Waals surface area contributed by atoms with Crippen LogP contribution in [-0.2, 0) is 4.57 Å². The van der Waals surface area contributed by atoms with Crippen LogP contribution < -0.4 is 20.4 Å². The molecule has 6 heteroatoms. The summed E-state index contributed by atoms with van der Waals surface area (Å²) >= 11 is 0. The average Bonchev–Trinajstić information content (AvgIpc) is 2.92. The van der Waals surface area contributed by atoms with Crippen LogP contribution >= 0.6 is 7.29 Å². The van der Waals surface area contributed by atoms with Crippen molar-refractivity contribution in [2.75, 3.05) is 7.11 Å². The van der Waals surface area contributed by atoms with Gasteiger partial charge < -0.3 is 9.84 Å². The molecule has 1 fully saturated rings. The number of aliphatic hydroxyl groups is 1. The lowest BCUT2D eigenvalue weighted by molar-refractivity contribution is 0.0579. The molecule has 178 valence electrons. The molecule has 1 aliphatic carbocycles.